The van der Waals surface area contributed by atoms with Gasteiger partial charge in [0.25, 0.3) is 0 Å². The van der Waals surface area contributed by atoms with Gasteiger partial charge in [-0.25, -0.2) is 4.98 Å². The highest BCUT2D eigenvalue weighted by molar-refractivity contribution is 5.76. The first-order valence-corrected chi connectivity index (χ1v) is 4.63. The van der Waals surface area contributed by atoms with E-state index in [4.69, 9.17) is 5.73 Å². The van der Waals surface area contributed by atoms with E-state index in [1.54, 1.807) is 24.0 Å². The third-order valence-electron chi connectivity index (χ3n) is 2.46. The van der Waals surface area contributed by atoms with Crippen LogP contribution >= 0.6 is 0 Å². The van der Waals surface area contributed by atoms with E-state index in [0.29, 0.717) is 5.52 Å². The smallest absolute Gasteiger partial charge is 0.334 e. The van der Waals surface area contributed by atoms with Crippen LogP contribution in [0.4, 0.5) is 13.2 Å². The van der Waals surface area contributed by atoms with Gasteiger partial charge >= 0.3 is 6.18 Å². The Bertz CT molecular complexity index is 515. The van der Waals surface area contributed by atoms with Crippen LogP contribution in [0.2, 0.25) is 0 Å². The van der Waals surface area contributed by atoms with Crippen molar-refractivity contribution >= 4 is 11.0 Å². The lowest BCUT2D eigenvalue weighted by Gasteiger charge is -2.15. The normalized spacial score (nSPS) is 14.3. The maximum Gasteiger partial charge on any atom is 0.407 e. The van der Waals surface area contributed by atoms with Gasteiger partial charge in [-0.3, -0.25) is 0 Å². The quantitative estimate of drug-likeness (QED) is 0.814. The zero-order valence-electron chi connectivity index (χ0n) is 8.49. The van der Waals surface area contributed by atoms with Crippen LogP contribution in [0.3, 0.4) is 0 Å². The highest BCUT2D eigenvalue weighted by atomic mass is 19.4. The van der Waals surface area contributed by atoms with Crippen molar-refractivity contribution in [3.63, 3.8) is 0 Å². The van der Waals surface area contributed by atoms with E-state index >= 15 is 0 Å². The lowest BCUT2D eigenvalue weighted by Crippen LogP contribution is -2.28. The summed E-state index contributed by atoms with van der Waals surface area (Å²) in [5.74, 6) is 0. The van der Waals surface area contributed by atoms with Gasteiger partial charge in [0.15, 0.2) is 0 Å². The zero-order valence-corrected chi connectivity index (χ0v) is 8.49. The molecule has 2 rings (SSSR count). The van der Waals surface area contributed by atoms with E-state index in [2.05, 4.69) is 4.98 Å². The molecular formula is C10H10F3N3. The summed E-state index contributed by atoms with van der Waals surface area (Å²) in [6, 6.07) is 2.37. The summed E-state index contributed by atoms with van der Waals surface area (Å²) in [6.45, 7) is 0. The summed E-state index contributed by atoms with van der Waals surface area (Å²) in [5.41, 5.74) is 6.43. The molecule has 1 heterocycles. The van der Waals surface area contributed by atoms with Crippen LogP contribution in [0.15, 0.2) is 24.5 Å². The Morgan fingerprint density at radius 3 is 2.69 bits per heavy atom. The third-order valence-corrected chi connectivity index (χ3v) is 2.46. The van der Waals surface area contributed by atoms with Crippen LogP contribution in [0.25, 0.3) is 11.0 Å². The number of nitrogens with zero attached hydrogens (tertiary/aromatic N) is 2. The fraction of sp³-hybridized carbons (Fsp3) is 0.300. The number of benzene rings is 1. The van der Waals surface area contributed by atoms with Gasteiger partial charge in [0, 0.05) is 7.05 Å². The molecular weight excluding hydrogens is 219 g/mol. The molecule has 0 saturated heterocycles. The highest BCUT2D eigenvalue weighted by Crippen LogP contribution is 2.31. The van der Waals surface area contributed by atoms with E-state index < -0.39 is 12.2 Å². The first-order chi connectivity index (χ1) is 7.39. The number of aryl methyl sites for hydroxylation is 1. The maximum atomic E-state index is 12.4. The largest absolute Gasteiger partial charge is 0.407 e. The minimum atomic E-state index is -4.43. The fourth-order valence-corrected chi connectivity index (χ4v) is 1.54. The number of aromatic nitrogens is 2. The maximum absolute atomic E-state index is 12.4. The van der Waals surface area contributed by atoms with E-state index in [9.17, 15) is 13.2 Å². The molecule has 1 aromatic carbocycles. The van der Waals surface area contributed by atoms with E-state index in [0.717, 1.165) is 5.52 Å². The Kier molecular flexibility index (Phi) is 2.38. The number of alkyl halides is 3. The number of hydrogen-bond donors (Lipinski definition) is 1. The molecule has 0 aliphatic carbocycles. The Balaban J connectivity index is 2.47. The number of fused-ring (bicyclic) bond motifs is 1. The Morgan fingerprint density at radius 2 is 2.06 bits per heavy atom. The van der Waals surface area contributed by atoms with Crippen molar-refractivity contribution in [3.05, 3.63) is 30.1 Å². The van der Waals surface area contributed by atoms with Gasteiger partial charge in [-0.05, 0) is 17.7 Å². The van der Waals surface area contributed by atoms with Crippen molar-refractivity contribution in [1.82, 2.24) is 9.55 Å². The van der Waals surface area contributed by atoms with Crippen molar-refractivity contribution < 1.29 is 13.2 Å². The van der Waals surface area contributed by atoms with Crippen LogP contribution < -0.4 is 5.73 Å². The fourth-order valence-electron chi connectivity index (χ4n) is 1.54. The summed E-state index contributed by atoms with van der Waals surface area (Å²) < 4.78 is 38.9. The minimum Gasteiger partial charge on any atom is -0.334 e. The molecule has 1 unspecified atom stereocenters. The number of hydrogen-bond acceptors (Lipinski definition) is 2. The molecule has 0 aliphatic heterocycles. The van der Waals surface area contributed by atoms with Crippen molar-refractivity contribution in [2.45, 2.75) is 12.2 Å². The molecule has 6 heteroatoms. The van der Waals surface area contributed by atoms with Gasteiger partial charge < -0.3 is 10.3 Å². The molecule has 1 aromatic heterocycles. The van der Waals surface area contributed by atoms with Gasteiger partial charge in [-0.2, -0.15) is 13.2 Å². The van der Waals surface area contributed by atoms with Crippen LogP contribution in [0.5, 0.6) is 0 Å². The standard InChI is InChI=1S/C10H10F3N3/c1-16-5-15-7-4-6(2-3-8(7)16)9(14)10(11,12)13/h2-5,9H,14H2,1H3. The van der Waals surface area contributed by atoms with Gasteiger partial charge in [-0.1, -0.05) is 6.07 Å². The topological polar surface area (TPSA) is 43.8 Å². The third kappa shape index (κ3) is 1.76. The lowest BCUT2D eigenvalue weighted by molar-refractivity contribution is -0.149. The molecule has 0 radical (unpaired) electrons. The Labute approximate surface area is 89.7 Å². The van der Waals surface area contributed by atoms with Crippen molar-refractivity contribution in [2.24, 2.45) is 12.8 Å². The Morgan fingerprint density at radius 1 is 1.38 bits per heavy atom. The molecule has 2 N–H and O–H groups in total. The number of imidazole rings is 1. The average Bonchev–Trinajstić information content (AvgIpc) is 2.57. The van der Waals surface area contributed by atoms with Gasteiger partial charge in [0.2, 0.25) is 0 Å². The molecule has 1 atom stereocenters. The second-order valence-corrected chi connectivity index (χ2v) is 3.62. The van der Waals surface area contributed by atoms with Crippen LogP contribution in [0.1, 0.15) is 11.6 Å². The van der Waals surface area contributed by atoms with Crippen molar-refractivity contribution in [1.29, 1.82) is 0 Å². The molecule has 16 heavy (non-hydrogen) atoms. The van der Waals surface area contributed by atoms with Crippen molar-refractivity contribution in [3.8, 4) is 0 Å². The van der Waals surface area contributed by atoms with E-state index in [1.165, 1.54) is 12.1 Å². The molecule has 0 amide bonds. The first-order valence-electron chi connectivity index (χ1n) is 4.63. The molecule has 3 nitrogen and oxygen atoms in total. The molecule has 0 bridgehead atoms. The minimum absolute atomic E-state index is 0.0266. The summed E-state index contributed by atoms with van der Waals surface area (Å²) in [4.78, 5) is 3.98. The second kappa shape index (κ2) is 3.48. The summed E-state index contributed by atoms with van der Waals surface area (Å²) in [7, 11) is 1.78. The summed E-state index contributed by atoms with van der Waals surface area (Å²) in [6.07, 6.45) is -2.88. The number of halogens is 3. The van der Waals surface area contributed by atoms with Gasteiger partial charge in [0.1, 0.15) is 6.04 Å². The molecule has 0 saturated carbocycles. The predicted molar refractivity (Wildman–Crippen MR) is 53.7 cm³/mol. The number of nitrogens with two attached hydrogens (primary N) is 1. The van der Waals surface area contributed by atoms with Crippen LogP contribution in [-0.4, -0.2) is 15.7 Å². The Hall–Kier alpha value is -1.56. The van der Waals surface area contributed by atoms with Crippen LogP contribution in [0, 0.1) is 0 Å². The van der Waals surface area contributed by atoms with E-state index in [1.807, 2.05) is 0 Å². The molecule has 0 spiro atoms. The SMILES string of the molecule is Cn1cnc2cc(C(N)C(F)(F)F)ccc21. The number of rotatable bonds is 1. The summed E-state index contributed by atoms with van der Waals surface area (Å²) in [5, 5.41) is 0. The highest BCUT2D eigenvalue weighted by Gasteiger charge is 2.37. The zero-order chi connectivity index (χ0) is 11.9. The molecule has 0 fully saturated rings. The second-order valence-electron chi connectivity index (χ2n) is 3.62. The average molecular weight is 229 g/mol. The molecule has 2 aromatic rings. The van der Waals surface area contributed by atoms with E-state index in [-0.39, 0.29) is 5.56 Å². The summed E-state index contributed by atoms with van der Waals surface area (Å²) >= 11 is 0. The monoisotopic (exact) mass is 229 g/mol. The predicted octanol–water partition coefficient (Wildman–Crippen LogP) is 2.14. The molecule has 0 aliphatic rings. The van der Waals surface area contributed by atoms with Gasteiger partial charge in [0.05, 0.1) is 17.4 Å². The lowest BCUT2D eigenvalue weighted by atomic mass is 10.1. The van der Waals surface area contributed by atoms with Crippen LogP contribution in [-0.2, 0) is 7.05 Å². The van der Waals surface area contributed by atoms with Gasteiger partial charge in [-0.15, -0.1) is 0 Å². The molecule has 86 valence electrons. The first kappa shape index (κ1) is 10.9. The van der Waals surface area contributed by atoms with Crippen molar-refractivity contribution in [2.75, 3.05) is 0 Å².